The summed E-state index contributed by atoms with van der Waals surface area (Å²) in [5, 5.41) is 23.9. The number of carboxylic acid groups (broad SMARTS) is 1. The number of rotatable bonds is 10. The van der Waals surface area contributed by atoms with Crippen LogP contribution in [0.1, 0.15) is 61.0 Å². The third-order valence-corrected chi connectivity index (χ3v) is 6.31. The van der Waals surface area contributed by atoms with Gasteiger partial charge in [-0.05, 0) is 43.7 Å². The van der Waals surface area contributed by atoms with Gasteiger partial charge in [-0.25, -0.2) is 0 Å². The quantitative estimate of drug-likeness (QED) is 0.183. The van der Waals surface area contributed by atoms with Crippen LogP contribution < -0.4 is 0 Å². The first-order valence-electron chi connectivity index (χ1n) is 11.2. The molecule has 1 aliphatic rings. The van der Waals surface area contributed by atoms with E-state index in [9.17, 15) is 15.1 Å². The molecule has 0 aliphatic heterocycles. The average Bonchev–Trinajstić information content (AvgIpc) is 3.37. The van der Waals surface area contributed by atoms with Gasteiger partial charge in [0.2, 0.25) is 0 Å². The monoisotopic (exact) mass is 419 g/mol. The molecule has 1 heterocycles. The van der Waals surface area contributed by atoms with Crippen molar-refractivity contribution in [2.24, 2.45) is 11.1 Å². The van der Waals surface area contributed by atoms with Gasteiger partial charge in [0, 0.05) is 29.4 Å². The molecule has 0 unspecified atom stereocenters. The van der Waals surface area contributed by atoms with Crippen LogP contribution in [0.25, 0.3) is 11.0 Å². The van der Waals surface area contributed by atoms with Crippen LogP contribution in [0, 0.1) is 5.92 Å². The third-order valence-electron chi connectivity index (χ3n) is 6.31. The summed E-state index contributed by atoms with van der Waals surface area (Å²) in [5.74, 6) is -0.365. The molecule has 2 N–H and O–H groups in total. The van der Waals surface area contributed by atoms with Gasteiger partial charge in [-0.1, -0.05) is 60.5 Å². The largest absolute Gasteiger partial charge is 0.481 e. The molecule has 0 spiro atoms. The van der Waals surface area contributed by atoms with E-state index in [0.29, 0.717) is 12.1 Å². The van der Waals surface area contributed by atoms with Crippen LogP contribution in [0.3, 0.4) is 0 Å². The molecule has 0 saturated heterocycles. The Labute approximate surface area is 182 Å². The van der Waals surface area contributed by atoms with Gasteiger partial charge in [0.05, 0.1) is 11.6 Å². The highest BCUT2D eigenvalue weighted by Crippen LogP contribution is 2.33. The maximum absolute atomic E-state index is 11.8. The maximum Gasteiger partial charge on any atom is 0.306 e. The predicted octanol–water partition coefficient (Wildman–Crippen LogP) is 5.99. The van der Waals surface area contributed by atoms with Gasteiger partial charge < -0.3 is 14.7 Å². The van der Waals surface area contributed by atoms with Crippen molar-refractivity contribution in [1.82, 2.24) is 0 Å². The number of fused-ring (bicyclic) bond motifs is 3. The average molecular weight is 420 g/mol. The van der Waals surface area contributed by atoms with Crippen molar-refractivity contribution >= 4 is 22.7 Å². The summed E-state index contributed by atoms with van der Waals surface area (Å²) in [5.41, 5.74) is 4.50. The zero-order valence-electron chi connectivity index (χ0n) is 17.7. The number of aliphatic carboxylic acids is 1. The molecule has 1 aromatic heterocycles. The van der Waals surface area contributed by atoms with E-state index in [2.05, 4.69) is 17.3 Å². The number of benzene rings is 2. The number of carboxylic acids is 1. The fourth-order valence-electron chi connectivity index (χ4n) is 4.59. The summed E-state index contributed by atoms with van der Waals surface area (Å²) in [6.45, 7) is 0. The lowest BCUT2D eigenvalue weighted by Crippen LogP contribution is -2.19. The Balaban J connectivity index is 1.35. The van der Waals surface area contributed by atoms with Gasteiger partial charge in [-0.3, -0.25) is 4.79 Å². The molecule has 3 aromatic rings. The highest BCUT2D eigenvalue weighted by Gasteiger charge is 2.23. The Hall–Kier alpha value is -3.08. The van der Waals surface area contributed by atoms with Crippen molar-refractivity contribution in [2.45, 2.75) is 57.8 Å². The second-order valence-electron chi connectivity index (χ2n) is 8.44. The Morgan fingerprint density at radius 3 is 2.68 bits per heavy atom. The van der Waals surface area contributed by atoms with Crippen molar-refractivity contribution < 1.29 is 19.5 Å². The molecule has 31 heavy (non-hydrogen) atoms. The van der Waals surface area contributed by atoms with Crippen LogP contribution >= 0.6 is 0 Å². The zero-order chi connectivity index (χ0) is 21.6. The summed E-state index contributed by atoms with van der Waals surface area (Å²) < 4.78 is 5.97. The summed E-state index contributed by atoms with van der Waals surface area (Å²) in [6.07, 6.45) is 7.77. The number of oxime groups is 1. The van der Waals surface area contributed by atoms with E-state index >= 15 is 0 Å². The molecule has 162 valence electrons. The van der Waals surface area contributed by atoms with E-state index in [4.69, 9.17) is 4.42 Å². The first kappa shape index (κ1) is 21.2. The number of hydrogen-bond donors (Lipinski definition) is 2. The summed E-state index contributed by atoms with van der Waals surface area (Å²) in [6, 6.07) is 16.1. The van der Waals surface area contributed by atoms with Crippen LogP contribution in [-0.2, 0) is 24.1 Å². The van der Waals surface area contributed by atoms with Crippen molar-refractivity contribution in [3.8, 4) is 0 Å². The third kappa shape index (κ3) is 4.98. The highest BCUT2D eigenvalue weighted by molar-refractivity contribution is 6.04. The van der Waals surface area contributed by atoms with Gasteiger partial charge in [-0.2, -0.15) is 0 Å². The van der Waals surface area contributed by atoms with E-state index in [0.717, 1.165) is 67.2 Å². The van der Waals surface area contributed by atoms with Crippen LogP contribution in [0.15, 0.2) is 58.1 Å². The first-order chi connectivity index (χ1) is 15.2. The van der Waals surface area contributed by atoms with Crippen molar-refractivity contribution in [3.05, 3.63) is 71.0 Å². The van der Waals surface area contributed by atoms with E-state index < -0.39 is 11.9 Å². The number of furan rings is 1. The number of aryl methyl sites for hydroxylation is 3. The number of unbranched alkanes of at least 4 members (excludes halogenated alkanes) is 2. The molecule has 0 saturated carbocycles. The van der Waals surface area contributed by atoms with Crippen LogP contribution in [0.5, 0.6) is 0 Å². The molecule has 0 bridgehead atoms. The molecule has 5 nitrogen and oxygen atoms in total. The van der Waals surface area contributed by atoms with E-state index in [-0.39, 0.29) is 6.42 Å². The van der Waals surface area contributed by atoms with Crippen molar-refractivity contribution in [3.63, 3.8) is 0 Å². The molecule has 5 heteroatoms. The molecule has 1 aliphatic carbocycles. The van der Waals surface area contributed by atoms with Crippen LogP contribution in [0.4, 0.5) is 0 Å². The number of hydrogen-bond acceptors (Lipinski definition) is 4. The fourth-order valence-corrected chi connectivity index (χ4v) is 4.59. The predicted molar refractivity (Wildman–Crippen MR) is 121 cm³/mol. The molecule has 0 fully saturated rings. The lowest BCUT2D eigenvalue weighted by atomic mass is 9.92. The van der Waals surface area contributed by atoms with E-state index in [1.165, 1.54) is 11.1 Å². The van der Waals surface area contributed by atoms with Gasteiger partial charge >= 0.3 is 5.97 Å². The minimum atomic E-state index is -0.845. The second-order valence-corrected chi connectivity index (χ2v) is 8.44. The summed E-state index contributed by atoms with van der Waals surface area (Å²) >= 11 is 0. The van der Waals surface area contributed by atoms with Crippen molar-refractivity contribution in [2.75, 3.05) is 0 Å². The summed E-state index contributed by atoms with van der Waals surface area (Å²) in [7, 11) is 0. The number of nitrogens with zero attached hydrogens (tertiary/aromatic N) is 1. The summed E-state index contributed by atoms with van der Waals surface area (Å²) in [4.78, 5) is 11.8. The minimum absolute atomic E-state index is 0.205. The standard InChI is InChI=1S/C26H29NO4/c28-26(29)20(11-6-2-5-10-18-8-3-1-4-9-18)16-23(27-30)19-14-15-22-21-12-7-13-24(21)31-25(22)17-19/h1,3-4,8-9,14-15,17,20,30H,2,5-7,10-13,16H2,(H,28,29)/t20-/m1/s1. The Kier molecular flexibility index (Phi) is 6.70. The lowest BCUT2D eigenvalue weighted by molar-refractivity contribution is -0.141. The molecular formula is C26H29NO4. The first-order valence-corrected chi connectivity index (χ1v) is 11.2. The van der Waals surface area contributed by atoms with Gasteiger partial charge in [-0.15, -0.1) is 0 Å². The second kappa shape index (κ2) is 9.82. The maximum atomic E-state index is 11.8. The highest BCUT2D eigenvalue weighted by atomic mass is 16.4. The van der Waals surface area contributed by atoms with E-state index in [1.807, 2.05) is 36.4 Å². The Morgan fingerprint density at radius 1 is 1.06 bits per heavy atom. The molecule has 4 rings (SSSR count). The topological polar surface area (TPSA) is 83.0 Å². The van der Waals surface area contributed by atoms with Crippen LogP contribution in [-0.4, -0.2) is 22.0 Å². The number of carbonyl (C=O) groups is 1. The minimum Gasteiger partial charge on any atom is -0.481 e. The normalized spacial score (nSPS) is 14.6. The molecular weight excluding hydrogens is 390 g/mol. The molecule has 0 amide bonds. The Morgan fingerprint density at radius 2 is 1.90 bits per heavy atom. The Bertz CT molecular complexity index is 1070. The lowest BCUT2D eigenvalue weighted by Gasteiger charge is -2.13. The van der Waals surface area contributed by atoms with E-state index in [1.54, 1.807) is 0 Å². The molecule has 0 radical (unpaired) electrons. The fraction of sp³-hybridized carbons (Fsp3) is 0.385. The molecule has 2 aromatic carbocycles. The van der Waals surface area contributed by atoms with Gasteiger partial charge in [0.15, 0.2) is 0 Å². The SMILES string of the molecule is O=C(O)[C@H](CCCCCc1ccccc1)CC(=NO)c1ccc2c3c(oc2c1)CCC3. The zero-order valence-corrected chi connectivity index (χ0v) is 17.7. The smallest absolute Gasteiger partial charge is 0.306 e. The van der Waals surface area contributed by atoms with Crippen molar-refractivity contribution in [1.29, 1.82) is 0 Å². The van der Waals surface area contributed by atoms with Crippen LogP contribution in [0.2, 0.25) is 0 Å². The van der Waals surface area contributed by atoms with Gasteiger partial charge in [0.1, 0.15) is 11.3 Å². The molecule has 1 atom stereocenters. The van der Waals surface area contributed by atoms with Gasteiger partial charge in [0.25, 0.3) is 0 Å².